The Morgan fingerprint density at radius 1 is 1.50 bits per heavy atom. The van der Waals surface area contributed by atoms with E-state index < -0.39 is 0 Å². The van der Waals surface area contributed by atoms with Crippen LogP contribution in [0.1, 0.15) is 19.3 Å². The normalized spacial score (nSPS) is 23.2. The lowest BCUT2D eigenvalue weighted by atomic mass is 10.0. The van der Waals surface area contributed by atoms with Gasteiger partial charge in [0.05, 0.1) is 0 Å². The van der Waals surface area contributed by atoms with E-state index in [1.54, 1.807) is 19.0 Å². The maximum absolute atomic E-state index is 11.3. The number of nitrogens with one attached hydrogen (secondary N) is 1. The molecule has 82 valence electrons. The van der Waals surface area contributed by atoms with Crippen molar-refractivity contribution in [1.82, 2.24) is 15.1 Å². The van der Waals surface area contributed by atoms with Crippen molar-refractivity contribution in [3.05, 3.63) is 0 Å². The minimum Gasteiger partial charge on any atom is -0.336 e. The zero-order chi connectivity index (χ0) is 10.6. The first-order valence-electron chi connectivity index (χ1n) is 5.26. The lowest BCUT2D eigenvalue weighted by molar-refractivity contribution is 0.175. The minimum absolute atomic E-state index is 0.00368. The van der Waals surface area contributed by atoms with Crippen LogP contribution in [0.5, 0.6) is 0 Å². The number of amides is 2. The smallest absolute Gasteiger partial charge is 0.316 e. The Hall–Kier alpha value is -0.770. The summed E-state index contributed by atoms with van der Waals surface area (Å²) in [4.78, 5) is 15.2. The Balaban J connectivity index is 2.26. The highest BCUT2D eigenvalue weighted by Crippen LogP contribution is 2.13. The van der Waals surface area contributed by atoms with Gasteiger partial charge >= 0.3 is 6.03 Å². The van der Waals surface area contributed by atoms with Crippen LogP contribution in [0.3, 0.4) is 0 Å². The molecule has 1 saturated heterocycles. The number of urea groups is 1. The van der Waals surface area contributed by atoms with Gasteiger partial charge in [-0.15, -0.1) is 0 Å². The molecule has 1 rings (SSSR count). The summed E-state index contributed by atoms with van der Waals surface area (Å²) in [6.45, 7) is 1.93. The van der Waals surface area contributed by atoms with E-state index in [1.165, 1.54) is 19.3 Å². The van der Waals surface area contributed by atoms with Crippen molar-refractivity contribution in [1.29, 1.82) is 0 Å². The molecule has 0 aromatic carbocycles. The number of hydrogen-bond donors (Lipinski definition) is 1. The molecule has 1 aliphatic rings. The summed E-state index contributed by atoms with van der Waals surface area (Å²) >= 11 is 0. The molecule has 2 amide bonds. The molecule has 1 N–H and O–H groups in total. The molecule has 0 radical (unpaired) electrons. The molecule has 4 heteroatoms. The van der Waals surface area contributed by atoms with E-state index in [-0.39, 0.29) is 6.03 Å². The van der Waals surface area contributed by atoms with Crippen LogP contribution < -0.4 is 5.32 Å². The first-order valence-corrected chi connectivity index (χ1v) is 5.26. The Morgan fingerprint density at radius 3 is 2.79 bits per heavy atom. The molecular formula is C10H21N3O. The Labute approximate surface area is 86.2 Å². The molecular weight excluding hydrogens is 178 g/mol. The van der Waals surface area contributed by atoms with E-state index in [9.17, 15) is 4.79 Å². The first-order chi connectivity index (χ1) is 6.61. The number of likely N-dealkylation sites (tertiary alicyclic amines) is 1. The standard InChI is InChI=1S/C10H21N3O/c1-12(2)10(14)11-8-9-6-4-5-7-13(9)3/h9H,4-8H2,1-3H3,(H,11,14). The third kappa shape index (κ3) is 3.18. The molecule has 0 aliphatic carbocycles. The lowest BCUT2D eigenvalue weighted by Crippen LogP contribution is -2.46. The fourth-order valence-electron chi connectivity index (χ4n) is 1.77. The highest BCUT2D eigenvalue weighted by Gasteiger charge is 2.19. The number of carbonyl (C=O) groups is 1. The summed E-state index contributed by atoms with van der Waals surface area (Å²) < 4.78 is 0. The average Bonchev–Trinajstić information content (AvgIpc) is 2.16. The maximum atomic E-state index is 11.3. The van der Waals surface area contributed by atoms with Crippen LogP contribution in [0.4, 0.5) is 4.79 Å². The van der Waals surface area contributed by atoms with Gasteiger partial charge in [-0.05, 0) is 26.4 Å². The number of hydrogen-bond acceptors (Lipinski definition) is 2. The largest absolute Gasteiger partial charge is 0.336 e. The van der Waals surface area contributed by atoms with E-state index in [0.29, 0.717) is 6.04 Å². The molecule has 0 saturated carbocycles. The van der Waals surface area contributed by atoms with Crippen molar-refractivity contribution < 1.29 is 4.79 Å². The van der Waals surface area contributed by atoms with Gasteiger partial charge in [-0.2, -0.15) is 0 Å². The number of nitrogens with zero attached hydrogens (tertiary/aromatic N) is 2. The summed E-state index contributed by atoms with van der Waals surface area (Å²) in [6, 6.07) is 0.525. The topological polar surface area (TPSA) is 35.6 Å². The number of piperidine rings is 1. The molecule has 1 aliphatic heterocycles. The van der Waals surface area contributed by atoms with Crippen molar-refractivity contribution in [2.45, 2.75) is 25.3 Å². The van der Waals surface area contributed by atoms with Crippen LogP contribution in [0, 0.1) is 0 Å². The van der Waals surface area contributed by atoms with Gasteiger partial charge in [0.2, 0.25) is 0 Å². The van der Waals surface area contributed by atoms with Gasteiger partial charge in [0.25, 0.3) is 0 Å². The van der Waals surface area contributed by atoms with Crippen molar-refractivity contribution in [3.8, 4) is 0 Å². The second-order valence-electron chi connectivity index (χ2n) is 4.21. The van der Waals surface area contributed by atoms with Crippen LogP contribution in [-0.4, -0.2) is 56.1 Å². The van der Waals surface area contributed by atoms with Gasteiger partial charge in [-0.1, -0.05) is 6.42 Å². The van der Waals surface area contributed by atoms with Gasteiger partial charge in [-0.3, -0.25) is 0 Å². The average molecular weight is 199 g/mol. The lowest BCUT2D eigenvalue weighted by Gasteiger charge is -2.32. The molecule has 4 nitrogen and oxygen atoms in total. The van der Waals surface area contributed by atoms with Gasteiger partial charge in [0.1, 0.15) is 0 Å². The zero-order valence-corrected chi connectivity index (χ0v) is 9.42. The van der Waals surface area contributed by atoms with E-state index >= 15 is 0 Å². The third-order valence-corrected chi connectivity index (χ3v) is 2.82. The van der Waals surface area contributed by atoms with Crippen LogP contribution >= 0.6 is 0 Å². The van der Waals surface area contributed by atoms with E-state index in [4.69, 9.17) is 0 Å². The van der Waals surface area contributed by atoms with Gasteiger partial charge in [-0.25, -0.2) is 4.79 Å². The summed E-state index contributed by atoms with van der Waals surface area (Å²) in [6.07, 6.45) is 3.77. The van der Waals surface area contributed by atoms with Gasteiger partial charge in [0.15, 0.2) is 0 Å². The molecule has 0 aromatic heterocycles. The summed E-state index contributed by atoms with van der Waals surface area (Å²) in [5.41, 5.74) is 0. The molecule has 1 fully saturated rings. The Bertz CT molecular complexity index is 194. The molecule has 0 spiro atoms. The van der Waals surface area contributed by atoms with Crippen LogP contribution in [-0.2, 0) is 0 Å². The molecule has 1 atom stereocenters. The second kappa shape index (κ2) is 5.20. The van der Waals surface area contributed by atoms with E-state index in [1.807, 2.05) is 0 Å². The molecule has 1 heterocycles. The predicted molar refractivity (Wildman–Crippen MR) is 57.4 cm³/mol. The Morgan fingerprint density at radius 2 is 2.21 bits per heavy atom. The number of carbonyl (C=O) groups excluding carboxylic acids is 1. The number of likely N-dealkylation sites (N-methyl/N-ethyl adjacent to an activating group) is 1. The Kier molecular flexibility index (Phi) is 4.20. The zero-order valence-electron chi connectivity index (χ0n) is 9.42. The van der Waals surface area contributed by atoms with Gasteiger partial charge < -0.3 is 15.1 Å². The fourth-order valence-corrected chi connectivity index (χ4v) is 1.77. The summed E-state index contributed by atoms with van der Waals surface area (Å²) in [5.74, 6) is 0. The predicted octanol–water partition coefficient (Wildman–Crippen LogP) is 0.742. The quantitative estimate of drug-likeness (QED) is 0.712. The second-order valence-corrected chi connectivity index (χ2v) is 4.21. The monoisotopic (exact) mass is 199 g/mol. The molecule has 1 unspecified atom stereocenters. The summed E-state index contributed by atoms with van der Waals surface area (Å²) in [7, 11) is 5.66. The van der Waals surface area contributed by atoms with Crippen molar-refractivity contribution in [2.75, 3.05) is 34.2 Å². The highest BCUT2D eigenvalue weighted by atomic mass is 16.2. The van der Waals surface area contributed by atoms with Crippen molar-refractivity contribution in [2.24, 2.45) is 0 Å². The third-order valence-electron chi connectivity index (χ3n) is 2.82. The minimum atomic E-state index is 0.00368. The van der Waals surface area contributed by atoms with Crippen molar-refractivity contribution >= 4 is 6.03 Å². The molecule has 0 aromatic rings. The number of rotatable bonds is 2. The van der Waals surface area contributed by atoms with Crippen LogP contribution in [0.15, 0.2) is 0 Å². The highest BCUT2D eigenvalue weighted by molar-refractivity contribution is 5.73. The SMILES string of the molecule is CN(C)C(=O)NCC1CCCCN1C. The van der Waals surface area contributed by atoms with Crippen LogP contribution in [0.2, 0.25) is 0 Å². The maximum Gasteiger partial charge on any atom is 0.316 e. The molecule has 14 heavy (non-hydrogen) atoms. The van der Waals surface area contributed by atoms with E-state index in [2.05, 4.69) is 17.3 Å². The van der Waals surface area contributed by atoms with Crippen molar-refractivity contribution in [3.63, 3.8) is 0 Å². The van der Waals surface area contributed by atoms with Gasteiger partial charge in [0, 0.05) is 26.7 Å². The molecule has 0 bridgehead atoms. The summed E-state index contributed by atoms with van der Waals surface area (Å²) in [5, 5.41) is 2.93. The van der Waals surface area contributed by atoms with E-state index in [0.717, 1.165) is 13.1 Å². The van der Waals surface area contributed by atoms with Crippen LogP contribution in [0.25, 0.3) is 0 Å². The fraction of sp³-hybridized carbons (Fsp3) is 0.900. The first kappa shape index (κ1) is 11.3.